The minimum Gasteiger partial charge on any atom is -0.397 e. The fourth-order valence-electron chi connectivity index (χ4n) is 1.18. The number of amidine groups is 2. The minimum absolute atomic E-state index is 0.0551. The minimum atomic E-state index is 0.0551. The van der Waals surface area contributed by atoms with Crippen molar-refractivity contribution in [1.29, 1.82) is 5.41 Å². The maximum Gasteiger partial charge on any atom is 0.175 e. The summed E-state index contributed by atoms with van der Waals surface area (Å²) >= 11 is 0. The average molecular weight is 217 g/mol. The fraction of sp³-hybridized carbons (Fsp3) is 0. The molecule has 7 nitrogen and oxygen atoms in total. The summed E-state index contributed by atoms with van der Waals surface area (Å²) in [4.78, 5) is 0. The van der Waals surface area contributed by atoms with Crippen molar-refractivity contribution in [3.8, 4) is 0 Å². The predicted octanol–water partition coefficient (Wildman–Crippen LogP) is -0.111. The Balaban J connectivity index is 2.18. The highest BCUT2D eigenvalue weighted by Crippen LogP contribution is 2.16. The highest BCUT2D eigenvalue weighted by Gasteiger charge is 2.18. The average Bonchev–Trinajstić information content (AvgIpc) is 2.58. The molecule has 7 N–H and O–H groups in total. The van der Waals surface area contributed by atoms with Crippen LogP contribution in [0.5, 0.6) is 0 Å². The molecule has 0 spiro atoms. The van der Waals surface area contributed by atoms with Gasteiger partial charge in [-0.1, -0.05) is 12.1 Å². The van der Waals surface area contributed by atoms with Gasteiger partial charge in [-0.05, 0) is 12.1 Å². The largest absolute Gasteiger partial charge is 0.397 e. The summed E-state index contributed by atoms with van der Waals surface area (Å²) in [7, 11) is 0. The molecule has 0 aliphatic carbocycles. The van der Waals surface area contributed by atoms with Crippen molar-refractivity contribution >= 4 is 28.8 Å². The molecule has 0 saturated carbocycles. The summed E-state index contributed by atoms with van der Waals surface area (Å²) in [5, 5.41) is 15.1. The number of benzene rings is 1. The van der Waals surface area contributed by atoms with E-state index in [1.165, 1.54) is 0 Å². The summed E-state index contributed by atoms with van der Waals surface area (Å²) in [6, 6.07) is 7.17. The molecule has 2 rings (SSSR count). The van der Waals surface area contributed by atoms with E-state index in [2.05, 4.69) is 21.1 Å². The molecule has 0 radical (unpaired) electrons. The van der Waals surface area contributed by atoms with Crippen molar-refractivity contribution in [2.45, 2.75) is 0 Å². The van der Waals surface area contributed by atoms with Crippen molar-refractivity contribution in [2.75, 3.05) is 11.2 Å². The zero-order valence-corrected chi connectivity index (χ0v) is 8.36. The lowest BCUT2D eigenvalue weighted by Crippen LogP contribution is -2.28. The molecule has 82 valence electrons. The number of para-hydroxylation sites is 2. The number of hydrogen-bond acceptors (Lipinski definition) is 6. The molecular weight excluding hydrogens is 206 g/mol. The van der Waals surface area contributed by atoms with Gasteiger partial charge in [-0.15, -0.1) is 0 Å². The van der Waals surface area contributed by atoms with Crippen molar-refractivity contribution in [1.82, 2.24) is 5.43 Å². The lowest BCUT2D eigenvalue weighted by atomic mass is 10.3. The molecule has 1 aliphatic heterocycles. The molecule has 0 saturated heterocycles. The second kappa shape index (κ2) is 3.89. The number of nitrogens with two attached hydrogens (primary N) is 2. The Bertz CT molecular complexity index is 488. The Labute approximate surface area is 91.7 Å². The molecule has 0 unspecified atom stereocenters. The van der Waals surface area contributed by atoms with Gasteiger partial charge < -0.3 is 11.5 Å². The lowest BCUT2D eigenvalue weighted by Gasteiger charge is -2.04. The summed E-state index contributed by atoms with van der Waals surface area (Å²) in [5.74, 6) is 0.228. The van der Waals surface area contributed by atoms with Gasteiger partial charge in [-0.3, -0.25) is 16.3 Å². The highest BCUT2D eigenvalue weighted by atomic mass is 15.4. The Morgan fingerprint density at radius 2 is 2.06 bits per heavy atom. The van der Waals surface area contributed by atoms with Crippen molar-refractivity contribution < 1.29 is 0 Å². The van der Waals surface area contributed by atoms with Crippen LogP contribution in [0.1, 0.15) is 0 Å². The van der Waals surface area contributed by atoms with Crippen LogP contribution in [0.15, 0.2) is 34.5 Å². The van der Waals surface area contributed by atoms with E-state index in [0.717, 1.165) is 0 Å². The van der Waals surface area contributed by atoms with Crippen molar-refractivity contribution in [2.24, 2.45) is 15.9 Å². The molecule has 1 aromatic rings. The van der Waals surface area contributed by atoms with Gasteiger partial charge in [-0.25, -0.2) is 0 Å². The van der Waals surface area contributed by atoms with Crippen LogP contribution in [0.25, 0.3) is 0 Å². The lowest BCUT2D eigenvalue weighted by molar-refractivity contribution is 1.04. The zero-order chi connectivity index (χ0) is 11.5. The number of hydrogen-bond donors (Lipinski definition) is 5. The van der Waals surface area contributed by atoms with Gasteiger partial charge in [0.05, 0.1) is 11.4 Å². The molecule has 1 aromatic carbocycles. The third kappa shape index (κ3) is 1.78. The van der Waals surface area contributed by atoms with E-state index in [0.29, 0.717) is 11.4 Å². The van der Waals surface area contributed by atoms with E-state index >= 15 is 0 Å². The molecule has 7 heteroatoms. The SMILES string of the molecule is N=C1NN=C(N)/C1=N/Nc1ccccc1N. The van der Waals surface area contributed by atoms with E-state index in [1.54, 1.807) is 12.1 Å². The molecule has 0 atom stereocenters. The summed E-state index contributed by atoms with van der Waals surface area (Å²) in [5.41, 5.74) is 17.9. The van der Waals surface area contributed by atoms with Gasteiger partial charge in [0.25, 0.3) is 0 Å². The summed E-state index contributed by atoms with van der Waals surface area (Å²) in [6.45, 7) is 0. The maximum absolute atomic E-state index is 7.45. The van der Waals surface area contributed by atoms with E-state index in [9.17, 15) is 0 Å². The fourth-order valence-corrected chi connectivity index (χ4v) is 1.18. The zero-order valence-electron chi connectivity index (χ0n) is 8.36. The van der Waals surface area contributed by atoms with Gasteiger partial charge >= 0.3 is 0 Å². The summed E-state index contributed by atoms with van der Waals surface area (Å²) in [6.07, 6.45) is 0. The Morgan fingerprint density at radius 3 is 2.69 bits per heavy atom. The van der Waals surface area contributed by atoms with Crippen LogP contribution in [0.4, 0.5) is 11.4 Å². The van der Waals surface area contributed by atoms with Crippen molar-refractivity contribution in [3.05, 3.63) is 24.3 Å². The quantitative estimate of drug-likeness (QED) is 0.350. The van der Waals surface area contributed by atoms with Crippen LogP contribution in [0, 0.1) is 5.41 Å². The topological polar surface area (TPSA) is 125 Å². The number of nitrogens with zero attached hydrogens (tertiary/aromatic N) is 2. The van der Waals surface area contributed by atoms with E-state index in [4.69, 9.17) is 16.9 Å². The number of nitrogen functional groups attached to an aromatic ring is 1. The molecule has 1 aliphatic rings. The maximum atomic E-state index is 7.45. The number of nitrogens with one attached hydrogen (secondary N) is 3. The second-order valence-electron chi connectivity index (χ2n) is 3.14. The number of rotatable bonds is 2. The van der Waals surface area contributed by atoms with Crippen LogP contribution in [0.2, 0.25) is 0 Å². The first kappa shape index (κ1) is 9.97. The normalized spacial score (nSPS) is 17.1. The molecular formula is C9H11N7. The van der Waals surface area contributed by atoms with Crippen LogP contribution in [-0.2, 0) is 0 Å². The third-order valence-corrected chi connectivity index (χ3v) is 2.02. The molecule has 0 aromatic heterocycles. The van der Waals surface area contributed by atoms with E-state index < -0.39 is 0 Å². The smallest absolute Gasteiger partial charge is 0.175 e. The Hall–Kier alpha value is -2.57. The van der Waals surface area contributed by atoms with Gasteiger partial charge in [-0.2, -0.15) is 10.2 Å². The Kier molecular flexibility index (Phi) is 2.42. The molecule has 1 heterocycles. The molecule has 16 heavy (non-hydrogen) atoms. The summed E-state index contributed by atoms with van der Waals surface area (Å²) < 4.78 is 0. The van der Waals surface area contributed by atoms with Gasteiger partial charge in [0.2, 0.25) is 0 Å². The van der Waals surface area contributed by atoms with E-state index in [1.807, 2.05) is 12.1 Å². The first-order valence-electron chi connectivity index (χ1n) is 4.55. The standard InChI is InChI=1S/C9H11N7/c10-5-3-1-2-4-6(5)13-14-7-8(11)15-16-9(7)12/h1-4,13H,10H2,(H4,11,12,14,15,16). The van der Waals surface area contributed by atoms with Crippen LogP contribution >= 0.6 is 0 Å². The predicted molar refractivity (Wildman–Crippen MR) is 64.4 cm³/mol. The first-order valence-corrected chi connectivity index (χ1v) is 4.55. The van der Waals surface area contributed by atoms with Crippen LogP contribution < -0.4 is 22.3 Å². The number of anilines is 2. The molecule has 0 amide bonds. The van der Waals surface area contributed by atoms with Gasteiger partial charge in [0, 0.05) is 0 Å². The first-order chi connectivity index (χ1) is 7.68. The van der Waals surface area contributed by atoms with Crippen LogP contribution in [-0.4, -0.2) is 17.4 Å². The number of hydrazone groups is 2. The monoisotopic (exact) mass is 217 g/mol. The second-order valence-corrected chi connectivity index (χ2v) is 3.14. The van der Waals surface area contributed by atoms with Gasteiger partial charge in [0.15, 0.2) is 17.4 Å². The van der Waals surface area contributed by atoms with Gasteiger partial charge in [0.1, 0.15) is 0 Å². The Morgan fingerprint density at radius 1 is 1.31 bits per heavy atom. The third-order valence-electron chi connectivity index (χ3n) is 2.02. The highest BCUT2D eigenvalue weighted by molar-refractivity contribution is 6.68. The molecule has 0 fully saturated rings. The molecule has 0 bridgehead atoms. The van der Waals surface area contributed by atoms with Crippen molar-refractivity contribution in [3.63, 3.8) is 0 Å². The van der Waals surface area contributed by atoms with Crippen LogP contribution in [0.3, 0.4) is 0 Å². The van der Waals surface area contributed by atoms with E-state index in [-0.39, 0.29) is 17.4 Å².